The average Bonchev–Trinajstić information content (AvgIpc) is 2.97. The molecule has 166 valence electrons. The highest BCUT2D eigenvalue weighted by Gasteiger charge is 2.49. The van der Waals surface area contributed by atoms with Crippen LogP contribution in [0.25, 0.3) is 10.8 Å². The van der Waals surface area contributed by atoms with Gasteiger partial charge in [0.25, 0.3) is 5.91 Å². The topological polar surface area (TPSA) is 52.7 Å². The lowest BCUT2D eigenvalue weighted by Crippen LogP contribution is -2.46. The largest absolute Gasteiger partial charge is 0.401 e. The molecule has 1 aliphatic rings. The van der Waals surface area contributed by atoms with Gasteiger partial charge >= 0.3 is 12.2 Å². The van der Waals surface area contributed by atoms with Crippen molar-refractivity contribution in [1.82, 2.24) is 15.1 Å². The molecule has 1 saturated heterocycles. The van der Waals surface area contributed by atoms with E-state index in [0.717, 1.165) is 20.6 Å². The summed E-state index contributed by atoms with van der Waals surface area (Å²) in [6.07, 6.45) is -4.48. The zero-order chi connectivity index (χ0) is 22.9. The number of benzene rings is 3. The lowest BCUT2D eigenvalue weighted by molar-refractivity contribution is -0.154. The minimum Gasteiger partial charge on any atom is -0.319 e. The number of alkyl halides is 3. The van der Waals surface area contributed by atoms with Gasteiger partial charge in [-0.3, -0.25) is 9.69 Å². The summed E-state index contributed by atoms with van der Waals surface area (Å²) in [4.78, 5) is 27.8. The van der Waals surface area contributed by atoms with Crippen LogP contribution in [0.4, 0.5) is 18.0 Å². The number of hydrogen-bond acceptors (Lipinski definition) is 3. The second-order valence-corrected chi connectivity index (χ2v) is 8.08. The first kappa shape index (κ1) is 21.8. The molecule has 3 aromatic carbocycles. The lowest BCUT2D eigenvalue weighted by Gasteiger charge is -2.28. The van der Waals surface area contributed by atoms with Crippen LogP contribution in [0, 0.1) is 0 Å². The fourth-order valence-corrected chi connectivity index (χ4v) is 3.97. The Labute approximate surface area is 183 Å². The predicted molar refractivity (Wildman–Crippen MR) is 114 cm³/mol. The zero-order valence-electron chi connectivity index (χ0n) is 17.4. The van der Waals surface area contributed by atoms with E-state index in [-0.39, 0.29) is 6.54 Å². The van der Waals surface area contributed by atoms with Gasteiger partial charge in [0.15, 0.2) is 0 Å². The van der Waals surface area contributed by atoms with Gasteiger partial charge < -0.3 is 5.32 Å². The van der Waals surface area contributed by atoms with Crippen LogP contribution in [0.5, 0.6) is 0 Å². The van der Waals surface area contributed by atoms with Gasteiger partial charge in [-0.1, -0.05) is 66.7 Å². The summed E-state index contributed by atoms with van der Waals surface area (Å²) < 4.78 is 39.6. The van der Waals surface area contributed by atoms with Crippen molar-refractivity contribution in [2.24, 2.45) is 0 Å². The number of rotatable bonds is 6. The van der Waals surface area contributed by atoms with Crippen molar-refractivity contribution >= 4 is 22.7 Å². The molecule has 3 amide bonds. The van der Waals surface area contributed by atoms with Crippen molar-refractivity contribution in [3.63, 3.8) is 0 Å². The monoisotopic (exact) mass is 441 g/mol. The summed E-state index contributed by atoms with van der Waals surface area (Å²) in [6, 6.07) is 20.9. The van der Waals surface area contributed by atoms with E-state index in [9.17, 15) is 22.8 Å². The van der Waals surface area contributed by atoms with Crippen LogP contribution in [0.2, 0.25) is 0 Å². The molecule has 1 aliphatic heterocycles. The quantitative estimate of drug-likeness (QED) is 0.568. The maximum atomic E-state index is 13.3. The molecule has 0 radical (unpaired) electrons. The van der Waals surface area contributed by atoms with Gasteiger partial charge in [0.05, 0.1) is 13.2 Å². The molecule has 0 unspecified atom stereocenters. The van der Waals surface area contributed by atoms with Crippen LogP contribution in [-0.2, 0) is 16.9 Å². The van der Waals surface area contributed by atoms with E-state index in [0.29, 0.717) is 11.1 Å². The Kier molecular flexibility index (Phi) is 5.64. The Hall–Kier alpha value is -3.39. The van der Waals surface area contributed by atoms with Gasteiger partial charge in [0.2, 0.25) is 0 Å². The Bertz CT molecular complexity index is 1150. The van der Waals surface area contributed by atoms with Crippen molar-refractivity contribution in [2.45, 2.75) is 25.2 Å². The number of hydrogen-bond donors (Lipinski definition) is 1. The first-order chi connectivity index (χ1) is 15.2. The molecule has 1 heterocycles. The molecule has 0 bridgehead atoms. The zero-order valence-corrected chi connectivity index (χ0v) is 17.4. The van der Waals surface area contributed by atoms with E-state index < -0.39 is 36.9 Å². The number of carbonyl (C=O) groups is 2. The summed E-state index contributed by atoms with van der Waals surface area (Å²) in [7, 11) is 0. The third-order valence-electron chi connectivity index (χ3n) is 5.60. The second kappa shape index (κ2) is 8.27. The highest BCUT2D eigenvalue weighted by Crippen LogP contribution is 2.31. The number of urea groups is 1. The van der Waals surface area contributed by atoms with Crippen molar-refractivity contribution in [2.75, 3.05) is 13.2 Å². The summed E-state index contributed by atoms with van der Waals surface area (Å²) in [5.41, 5.74) is -0.138. The minimum absolute atomic E-state index is 0.0515. The summed E-state index contributed by atoms with van der Waals surface area (Å²) >= 11 is 0. The van der Waals surface area contributed by atoms with Gasteiger partial charge in [-0.2, -0.15) is 13.2 Å². The molecule has 1 N–H and O–H groups in total. The number of fused-ring (bicyclic) bond motifs is 1. The third kappa shape index (κ3) is 4.45. The van der Waals surface area contributed by atoms with Gasteiger partial charge in [-0.15, -0.1) is 0 Å². The molecule has 0 aromatic heterocycles. The number of amides is 3. The lowest BCUT2D eigenvalue weighted by atomic mass is 9.90. The molecule has 4 rings (SSSR count). The molecule has 32 heavy (non-hydrogen) atoms. The Balaban J connectivity index is 1.59. The molecule has 0 saturated carbocycles. The van der Waals surface area contributed by atoms with Crippen LogP contribution in [0.1, 0.15) is 18.1 Å². The van der Waals surface area contributed by atoms with Gasteiger partial charge in [-0.05, 0) is 34.9 Å². The highest BCUT2D eigenvalue weighted by atomic mass is 19.4. The smallest absolute Gasteiger partial charge is 0.319 e. The summed E-state index contributed by atoms with van der Waals surface area (Å²) in [6.45, 7) is -0.194. The first-order valence-electron chi connectivity index (χ1n) is 10.1. The predicted octanol–water partition coefficient (Wildman–Crippen LogP) is 4.63. The van der Waals surface area contributed by atoms with Crippen LogP contribution in [-0.4, -0.2) is 41.1 Å². The number of halogens is 3. The SMILES string of the molecule is C[C@]1(c2ccc3ccccc3c2)NC(=O)N(CN(Cc2ccccc2)CC(F)(F)F)C1=O. The van der Waals surface area contributed by atoms with E-state index in [4.69, 9.17) is 0 Å². The van der Waals surface area contributed by atoms with E-state index >= 15 is 0 Å². The molecule has 0 spiro atoms. The van der Waals surface area contributed by atoms with E-state index in [1.807, 2.05) is 36.4 Å². The molecule has 1 atom stereocenters. The normalized spacial score (nSPS) is 19.1. The number of nitrogens with one attached hydrogen (secondary N) is 1. The standard InChI is InChI=1S/C24H22F3N3O2/c1-23(20-12-11-18-9-5-6-10-19(18)13-20)21(31)30(22(32)28-23)16-29(15-24(25,26)27)14-17-7-3-2-4-8-17/h2-13H,14-16H2,1H3,(H,28,32)/t23-/m1/s1. The summed E-state index contributed by atoms with van der Waals surface area (Å²) in [5.74, 6) is -0.585. The van der Waals surface area contributed by atoms with Crippen LogP contribution in [0.3, 0.4) is 0 Å². The molecule has 5 nitrogen and oxygen atoms in total. The number of nitrogens with zero attached hydrogens (tertiary/aromatic N) is 2. The Morgan fingerprint density at radius 1 is 0.938 bits per heavy atom. The van der Waals surface area contributed by atoms with Gasteiger partial charge in [-0.25, -0.2) is 9.69 Å². The van der Waals surface area contributed by atoms with E-state index in [1.165, 1.54) is 0 Å². The first-order valence-corrected chi connectivity index (χ1v) is 10.1. The third-order valence-corrected chi connectivity index (χ3v) is 5.60. The second-order valence-electron chi connectivity index (χ2n) is 8.08. The number of imide groups is 1. The molecular weight excluding hydrogens is 419 g/mol. The number of carbonyl (C=O) groups excluding carboxylic acids is 2. The van der Waals surface area contributed by atoms with E-state index in [1.54, 1.807) is 43.3 Å². The van der Waals surface area contributed by atoms with Crippen molar-refractivity contribution in [3.05, 3.63) is 83.9 Å². The fraction of sp³-hybridized carbons (Fsp3) is 0.250. The molecule has 3 aromatic rings. The Morgan fingerprint density at radius 2 is 1.59 bits per heavy atom. The van der Waals surface area contributed by atoms with Crippen molar-refractivity contribution < 1.29 is 22.8 Å². The summed E-state index contributed by atoms with van der Waals surface area (Å²) in [5, 5.41) is 4.55. The molecule has 1 fully saturated rings. The fourth-order valence-electron chi connectivity index (χ4n) is 3.97. The van der Waals surface area contributed by atoms with Gasteiger partial charge in [0.1, 0.15) is 5.54 Å². The van der Waals surface area contributed by atoms with Crippen LogP contribution >= 0.6 is 0 Å². The van der Waals surface area contributed by atoms with E-state index in [2.05, 4.69) is 5.32 Å². The molecule has 0 aliphatic carbocycles. The maximum Gasteiger partial charge on any atom is 0.401 e. The Morgan fingerprint density at radius 3 is 2.28 bits per heavy atom. The molecular formula is C24H22F3N3O2. The average molecular weight is 441 g/mol. The minimum atomic E-state index is -4.48. The van der Waals surface area contributed by atoms with Gasteiger partial charge in [0, 0.05) is 6.54 Å². The van der Waals surface area contributed by atoms with Crippen molar-refractivity contribution in [3.8, 4) is 0 Å². The maximum absolute atomic E-state index is 13.3. The van der Waals surface area contributed by atoms with Crippen LogP contribution < -0.4 is 5.32 Å². The molecule has 8 heteroatoms. The highest BCUT2D eigenvalue weighted by molar-refractivity contribution is 6.07. The van der Waals surface area contributed by atoms with Crippen molar-refractivity contribution in [1.29, 1.82) is 0 Å². The van der Waals surface area contributed by atoms with Crippen LogP contribution in [0.15, 0.2) is 72.8 Å².